The molecule has 0 aromatic carbocycles. The average molecular weight is 261 g/mol. The summed E-state index contributed by atoms with van der Waals surface area (Å²) in [4.78, 5) is 12.8. The molecule has 6 heteroatoms. The van der Waals surface area contributed by atoms with Crippen molar-refractivity contribution in [3.05, 3.63) is 0 Å². The van der Waals surface area contributed by atoms with Gasteiger partial charge >= 0.3 is 0 Å². The maximum atomic E-state index is 12.1. The maximum absolute atomic E-state index is 12.1. The van der Waals surface area contributed by atoms with Gasteiger partial charge in [-0.2, -0.15) is 4.31 Å². The van der Waals surface area contributed by atoms with E-state index in [4.69, 9.17) is 0 Å². The average Bonchev–Trinajstić information content (AvgIpc) is 2.26. The highest BCUT2D eigenvalue weighted by Gasteiger charge is 2.29. The lowest BCUT2D eigenvalue weighted by Crippen LogP contribution is -2.48. The highest BCUT2D eigenvalue weighted by Crippen LogP contribution is 2.15. The number of sulfonamides is 1. The predicted octanol–water partition coefficient (Wildman–Crippen LogP) is -0.0545. The molecule has 5 nitrogen and oxygen atoms in total. The minimum atomic E-state index is -3.32. The van der Waals surface area contributed by atoms with Crippen molar-refractivity contribution in [3.8, 4) is 0 Å². The van der Waals surface area contributed by atoms with Crippen molar-refractivity contribution in [1.82, 2.24) is 9.21 Å². The molecule has 0 aliphatic carbocycles. The molecule has 17 heavy (non-hydrogen) atoms. The third-order valence-corrected chi connectivity index (χ3v) is 5.13. The molecule has 1 unspecified atom stereocenters. The number of rotatable bonds is 5. The van der Waals surface area contributed by atoms with Gasteiger partial charge in [-0.25, -0.2) is 8.42 Å². The molecule has 99 valence electrons. The van der Waals surface area contributed by atoms with Crippen LogP contribution in [-0.2, 0) is 14.8 Å². The van der Waals surface area contributed by atoms with E-state index in [2.05, 4.69) is 4.90 Å². The first-order chi connectivity index (χ1) is 7.86. The van der Waals surface area contributed by atoms with Crippen molar-refractivity contribution < 1.29 is 13.2 Å². The van der Waals surface area contributed by atoms with E-state index in [9.17, 15) is 13.2 Å². The van der Waals surface area contributed by atoms with E-state index in [1.165, 1.54) is 4.31 Å². The van der Waals surface area contributed by atoms with E-state index < -0.39 is 15.9 Å². The fourth-order valence-corrected chi connectivity index (χ4v) is 3.60. The zero-order valence-corrected chi connectivity index (χ0v) is 11.5. The van der Waals surface area contributed by atoms with Crippen LogP contribution in [-0.4, -0.2) is 62.9 Å². The van der Waals surface area contributed by atoms with Gasteiger partial charge in [-0.1, -0.05) is 13.8 Å². The first kappa shape index (κ1) is 14.6. The second-order valence-corrected chi connectivity index (χ2v) is 6.96. The molecule has 0 bridgehead atoms. The maximum Gasteiger partial charge on any atom is 0.214 e. The molecule has 0 aromatic rings. The Hall–Kier alpha value is -0.460. The first-order valence-electron chi connectivity index (χ1n) is 5.91. The molecule has 1 radical (unpaired) electrons. The van der Waals surface area contributed by atoms with Crippen molar-refractivity contribution in [1.29, 1.82) is 0 Å². The van der Waals surface area contributed by atoms with Crippen LogP contribution in [0.3, 0.4) is 0 Å². The number of likely N-dealkylation sites (N-methyl/N-ethyl adjacent to an activating group) is 1. The summed E-state index contributed by atoms with van der Waals surface area (Å²) in [5.74, 6) is -0.632. The number of piperazine rings is 1. The SMILES string of the molecule is CC(C)C([C]=O)CS(=O)(=O)N1CCN(C)CC1. The zero-order valence-electron chi connectivity index (χ0n) is 10.7. The second kappa shape index (κ2) is 5.93. The van der Waals surface area contributed by atoms with E-state index in [0.29, 0.717) is 13.1 Å². The van der Waals surface area contributed by atoms with Gasteiger partial charge in [-0.05, 0) is 13.0 Å². The fraction of sp³-hybridized carbons (Fsp3) is 0.909. The molecular formula is C11H21N2O3S. The van der Waals surface area contributed by atoms with E-state index in [-0.39, 0.29) is 11.7 Å². The van der Waals surface area contributed by atoms with E-state index >= 15 is 0 Å². The number of hydrogen-bond donors (Lipinski definition) is 0. The Balaban J connectivity index is 2.65. The van der Waals surface area contributed by atoms with Gasteiger partial charge in [0.25, 0.3) is 0 Å². The summed E-state index contributed by atoms with van der Waals surface area (Å²) in [5.41, 5.74) is 0. The summed E-state index contributed by atoms with van der Waals surface area (Å²) in [6.07, 6.45) is 1.84. The van der Waals surface area contributed by atoms with Crippen LogP contribution in [0.25, 0.3) is 0 Å². The number of carbonyl (C=O) groups excluding carboxylic acids is 1. The third-order valence-electron chi connectivity index (χ3n) is 3.20. The summed E-state index contributed by atoms with van der Waals surface area (Å²) in [7, 11) is -1.35. The summed E-state index contributed by atoms with van der Waals surface area (Å²) in [5, 5.41) is 0. The van der Waals surface area contributed by atoms with Crippen LogP contribution in [0.15, 0.2) is 0 Å². The Morgan fingerprint density at radius 1 is 1.18 bits per heavy atom. The standard InChI is InChI=1S/C11H21N2O3S/c1-10(2)11(8-14)9-17(15,16)13-6-4-12(3)5-7-13/h10-11H,4-7,9H2,1-3H3. The summed E-state index contributed by atoms with van der Waals surface area (Å²) >= 11 is 0. The predicted molar refractivity (Wildman–Crippen MR) is 66.9 cm³/mol. The third kappa shape index (κ3) is 4.04. The van der Waals surface area contributed by atoms with Gasteiger partial charge < -0.3 is 4.90 Å². The van der Waals surface area contributed by atoms with E-state index in [1.54, 1.807) is 0 Å². The Labute approximate surface area is 104 Å². The van der Waals surface area contributed by atoms with Crippen molar-refractivity contribution in [2.75, 3.05) is 39.0 Å². The van der Waals surface area contributed by atoms with Crippen LogP contribution in [0.4, 0.5) is 0 Å². The van der Waals surface area contributed by atoms with Crippen LogP contribution < -0.4 is 0 Å². The number of hydrogen-bond acceptors (Lipinski definition) is 4. The lowest BCUT2D eigenvalue weighted by atomic mass is 10.0. The highest BCUT2D eigenvalue weighted by atomic mass is 32.2. The van der Waals surface area contributed by atoms with Gasteiger partial charge in [-0.3, -0.25) is 4.79 Å². The first-order valence-corrected chi connectivity index (χ1v) is 7.51. The molecule has 1 heterocycles. The van der Waals surface area contributed by atoms with Gasteiger partial charge in [0, 0.05) is 32.1 Å². The van der Waals surface area contributed by atoms with Crippen molar-refractivity contribution >= 4 is 16.3 Å². The van der Waals surface area contributed by atoms with Crippen LogP contribution in [0.5, 0.6) is 0 Å². The van der Waals surface area contributed by atoms with Gasteiger partial charge in [-0.15, -0.1) is 0 Å². The van der Waals surface area contributed by atoms with Gasteiger partial charge in [0.1, 0.15) is 0 Å². The normalized spacial score (nSPS) is 21.6. The lowest BCUT2D eigenvalue weighted by Gasteiger charge is -2.32. The minimum absolute atomic E-state index is 0.00902. The fourth-order valence-electron chi connectivity index (χ4n) is 1.76. The van der Waals surface area contributed by atoms with Crippen molar-refractivity contribution in [2.24, 2.45) is 11.8 Å². The van der Waals surface area contributed by atoms with E-state index in [0.717, 1.165) is 13.1 Å². The molecular weight excluding hydrogens is 240 g/mol. The topological polar surface area (TPSA) is 57.7 Å². The second-order valence-electron chi connectivity index (χ2n) is 4.95. The molecule has 1 fully saturated rings. The molecule has 0 N–H and O–H groups in total. The molecule has 0 amide bonds. The zero-order chi connectivity index (χ0) is 13.1. The van der Waals surface area contributed by atoms with Gasteiger partial charge in [0.2, 0.25) is 16.3 Å². The quantitative estimate of drug-likeness (QED) is 0.696. The van der Waals surface area contributed by atoms with Gasteiger partial charge in [0.15, 0.2) is 0 Å². The van der Waals surface area contributed by atoms with Crippen LogP contribution in [0.2, 0.25) is 0 Å². The summed E-state index contributed by atoms with van der Waals surface area (Å²) in [6.45, 7) is 6.21. The Morgan fingerprint density at radius 2 is 1.71 bits per heavy atom. The van der Waals surface area contributed by atoms with Crippen LogP contribution >= 0.6 is 0 Å². The van der Waals surface area contributed by atoms with Crippen LogP contribution in [0.1, 0.15) is 13.8 Å². The Kier molecular flexibility index (Phi) is 5.09. The molecule has 1 rings (SSSR count). The molecule has 0 spiro atoms. The Morgan fingerprint density at radius 3 is 2.12 bits per heavy atom. The molecule has 1 aliphatic heterocycles. The van der Waals surface area contributed by atoms with Gasteiger partial charge in [0.05, 0.1) is 5.75 Å². The highest BCUT2D eigenvalue weighted by molar-refractivity contribution is 7.89. The monoisotopic (exact) mass is 261 g/mol. The Bertz CT molecular complexity index is 346. The molecule has 0 aromatic heterocycles. The van der Waals surface area contributed by atoms with Crippen molar-refractivity contribution in [2.45, 2.75) is 13.8 Å². The van der Waals surface area contributed by atoms with Crippen LogP contribution in [0, 0.1) is 11.8 Å². The molecule has 1 atom stereocenters. The molecule has 1 aliphatic rings. The smallest absolute Gasteiger partial charge is 0.214 e. The van der Waals surface area contributed by atoms with E-state index in [1.807, 2.05) is 27.2 Å². The van der Waals surface area contributed by atoms with Crippen molar-refractivity contribution in [3.63, 3.8) is 0 Å². The largest absolute Gasteiger partial charge is 0.304 e. The summed E-state index contributed by atoms with van der Waals surface area (Å²) < 4.78 is 25.7. The summed E-state index contributed by atoms with van der Waals surface area (Å²) in [6, 6.07) is 0. The molecule has 0 saturated carbocycles. The number of nitrogens with zero attached hydrogens (tertiary/aromatic N) is 2. The minimum Gasteiger partial charge on any atom is -0.304 e. The molecule has 1 saturated heterocycles. The lowest BCUT2D eigenvalue weighted by molar-refractivity contribution is 0.221.